The van der Waals surface area contributed by atoms with Gasteiger partial charge in [-0.15, -0.1) is 0 Å². The summed E-state index contributed by atoms with van der Waals surface area (Å²) in [5.74, 6) is 0.663. The Morgan fingerprint density at radius 1 is 1.28 bits per heavy atom. The number of piperidine rings is 1. The van der Waals surface area contributed by atoms with Gasteiger partial charge in [0.05, 0.1) is 6.04 Å². The fourth-order valence-electron chi connectivity index (χ4n) is 3.02. The molecule has 6 nitrogen and oxygen atoms in total. The number of carbonyl (C=O) groups excluding carboxylic acids is 2. The lowest BCUT2D eigenvalue weighted by atomic mass is 9.94. The summed E-state index contributed by atoms with van der Waals surface area (Å²) in [6.45, 7) is 11.3. The van der Waals surface area contributed by atoms with Crippen LogP contribution < -0.4 is 10.6 Å². The molecule has 1 aromatic heterocycles. The van der Waals surface area contributed by atoms with Crippen molar-refractivity contribution in [3.8, 4) is 0 Å². The van der Waals surface area contributed by atoms with E-state index in [4.69, 9.17) is 0 Å². The molecule has 2 amide bonds. The van der Waals surface area contributed by atoms with Crippen molar-refractivity contribution in [2.24, 2.45) is 5.92 Å². The number of aryl methyl sites for hydroxylation is 1. The molecular weight excluding hydrogens is 316 g/mol. The molecule has 1 atom stereocenters. The van der Waals surface area contributed by atoms with E-state index in [1.54, 1.807) is 6.20 Å². The molecule has 0 radical (unpaired) electrons. The molecule has 25 heavy (non-hydrogen) atoms. The molecule has 6 heteroatoms. The van der Waals surface area contributed by atoms with Crippen molar-refractivity contribution < 1.29 is 9.59 Å². The van der Waals surface area contributed by atoms with E-state index in [2.05, 4.69) is 20.5 Å². The second-order valence-electron chi connectivity index (χ2n) is 7.88. The Morgan fingerprint density at radius 2 is 1.92 bits per heavy atom. The third-order valence-corrected chi connectivity index (χ3v) is 4.58. The van der Waals surface area contributed by atoms with Crippen LogP contribution in [0.3, 0.4) is 0 Å². The lowest BCUT2D eigenvalue weighted by Gasteiger charge is -2.36. The smallest absolute Gasteiger partial charge is 0.237 e. The zero-order valence-corrected chi connectivity index (χ0v) is 15.9. The highest BCUT2D eigenvalue weighted by Crippen LogP contribution is 2.21. The van der Waals surface area contributed by atoms with Gasteiger partial charge in [-0.25, -0.2) is 4.98 Å². The summed E-state index contributed by atoms with van der Waals surface area (Å²) in [6, 6.07) is 3.61. The van der Waals surface area contributed by atoms with E-state index < -0.39 is 0 Å². The maximum Gasteiger partial charge on any atom is 0.237 e. The van der Waals surface area contributed by atoms with Crippen LogP contribution in [-0.2, 0) is 9.59 Å². The summed E-state index contributed by atoms with van der Waals surface area (Å²) in [7, 11) is 0. The van der Waals surface area contributed by atoms with Crippen LogP contribution in [0.5, 0.6) is 0 Å². The molecule has 1 aliphatic rings. The fourth-order valence-corrected chi connectivity index (χ4v) is 3.02. The molecule has 2 rings (SSSR count). The van der Waals surface area contributed by atoms with E-state index in [9.17, 15) is 9.59 Å². The third-order valence-electron chi connectivity index (χ3n) is 4.58. The molecule has 1 aliphatic heterocycles. The standard InChI is InChI=1S/C19H30N4O2/c1-13-7-6-10-20-16(13)21-18(25)15-8-11-23(12-9-15)14(2)17(24)22-19(3,4)5/h6-7,10,14-15H,8-9,11-12H2,1-5H3,(H,22,24)(H,20,21,25)/t14-/m0/s1. The number of rotatable bonds is 4. The zero-order valence-electron chi connectivity index (χ0n) is 15.9. The van der Waals surface area contributed by atoms with E-state index in [0.29, 0.717) is 5.82 Å². The normalized spacial score (nSPS) is 17.8. The van der Waals surface area contributed by atoms with Crippen LogP contribution in [0.15, 0.2) is 18.3 Å². The van der Waals surface area contributed by atoms with E-state index in [0.717, 1.165) is 31.5 Å². The minimum Gasteiger partial charge on any atom is -0.350 e. The minimum atomic E-state index is -0.232. The van der Waals surface area contributed by atoms with Crippen LogP contribution in [0, 0.1) is 12.8 Å². The van der Waals surface area contributed by atoms with Gasteiger partial charge in [-0.1, -0.05) is 6.07 Å². The highest BCUT2D eigenvalue weighted by molar-refractivity contribution is 5.92. The molecule has 2 heterocycles. The number of nitrogens with one attached hydrogen (secondary N) is 2. The van der Waals surface area contributed by atoms with Gasteiger partial charge < -0.3 is 10.6 Å². The minimum absolute atomic E-state index is 0.0215. The van der Waals surface area contributed by atoms with Crippen LogP contribution in [0.25, 0.3) is 0 Å². The van der Waals surface area contributed by atoms with Crippen LogP contribution >= 0.6 is 0 Å². The highest BCUT2D eigenvalue weighted by atomic mass is 16.2. The third kappa shape index (κ3) is 5.53. The van der Waals surface area contributed by atoms with Crippen LogP contribution in [-0.4, -0.2) is 46.4 Å². The van der Waals surface area contributed by atoms with Gasteiger partial charge in [-0.3, -0.25) is 14.5 Å². The van der Waals surface area contributed by atoms with Gasteiger partial charge in [0.1, 0.15) is 5.82 Å². The summed E-state index contributed by atoms with van der Waals surface area (Å²) in [5, 5.41) is 5.95. The number of hydrogen-bond donors (Lipinski definition) is 2. The van der Waals surface area contributed by atoms with E-state index in [1.807, 2.05) is 46.8 Å². The fraction of sp³-hybridized carbons (Fsp3) is 0.632. The maximum absolute atomic E-state index is 12.5. The Kier molecular flexibility index (Phi) is 6.16. The molecular formula is C19H30N4O2. The summed E-state index contributed by atoms with van der Waals surface area (Å²) in [4.78, 5) is 31.1. The number of carbonyl (C=O) groups is 2. The Hall–Kier alpha value is -1.95. The first-order valence-electron chi connectivity index (χ1n) is 8.96. The summed E-state index contributed by atoms with van der Waals surface area (Å²) in [6.07, 6.45) is 3.19. The molecule has 138 valence electrons. The molecule has 0 aromatic carbocycles. The molecule has 0 saturated carbocycles. The summed E-state index contributed by atoms with van der Waals surface area (Å²) in [5.41, 5.74) is 0.727. The Bertz CT molecular complexity index is 616. The van der Waals surface area contributed by atoms with Crippen molar-refractivity contribution in [2.45, 2.75) is 59.0 Å². The van der Waals surface area contributed by atoms with Crippen molar-refractivity contribution in [1.82, 2.24) is 15.2 Å². The molecule has 2 N–H and O–H groups in total. The first-order chi connectivity index (χ1) is 11.7. The van der Waals surface area contributed by atoms with Gasteiger partial charge in [0, 0.05) is 17.7 Å². The van der Waals surface area contributed by atoms with E-state index in [-0.39, 0.29) is 29.3 Å². The number of aromatic nitrogens is 1. The van der Waals surface area contributed by atoms with Crippen molar-refractivity contribution in [3.63, 3.8) is 0 Å². The molecule has 0 unspecified atom stereocenters. The van der Waals surface area contributed by atoms with Gasteiger partial charge in [0.25, 0.3) is 0 Å². The number of amides is 2. The second-order valence-corrected chi connectivity index (χ2v) is 7.88. The van der Waals surface area contributed by atoms with Crippen molar-refractivity contribution >= 4 is 17.6 Å². The van der Waals surface area contributed by atoms with Crippen molar-refractivity contribution in [3.05, 3.63) is 23.9 Å². The average molecular weight is 346 g/mol. The second kappa shape index (κ2) is 7.95. The Balaban J connectivity index is 1.85. The molecule has 0 aliphatic carbocycles. The van der Waals surface area contributed by atoms with Gasteiger partial charge in [-0.05, 0) is 72.2 Å². The van der Waals surface area contributed by atoms with Crippen LogP contribution in [0.2, 0.25) is 0 Å². The maximum atomic E-state index is 12.5. The quantitative estimate of drug-likeness (QED) is 0.877. The van der Waals surface area contributed by atoms with E-state index >= 15 is 0 Å². The predicted molar refractivity (Wildman–Crippen MR) is 99.3 cm³/mol. The first kappa shape index (κ1) is 19.4. The lowest BCUT2D eigenvalue weighted by molar-refractivity contribution is -0.128. The molecule has 1 saturated heterocycles. The zero-order chi connectivity index (χ0) is 18.6. The molecule has 0 bridgehead atoms. The number of anilines is 1. The van der Waals surface area contributed by atoms with Gasteiger partial charge in [-0.2, -0.15) is 0 Å². The molecule has 0 spiro atoms. The van der Waals surface area contributed by atoms with Crippen LogP contribution in [0.4, 0.5) is 5.82 Å². The van der Waals surface area contributed by atoms with Gasteiger partial charge in [0.15, 0.2) is 0 Å². The number of likely N-dealkylation sites (tertiary alicyclic amines) is 1. The number of pyridine rings is 1. The number of hydrogen-bond acceptors (Lipinski definition) is 4. The lowest BCUT2D eigenvalue weighted by Crippen LogP contribution is -2.53. The summed E-state index contributed by atoms with van der Waals surface area (Å²) >= 11 is 0. The average Bonchev–Trinajstić information content (AvgIpc) is 2.55. The van der Waals surface area contributed by atoms with Crippen molar-refractivity contribution in [2.75, 3.05) is 18.4 Å². The van der Waals surface area contributed by atoms with Gasteiger partial charge in [0.2, 0.25) is 11.8 Å². The van der Waals surface area contributed by atoms with E-state index in [1.165, 1.54) is 0 Å². The highest BCUT2D eigenvalue weighted by Gasteiger charge is 2.31. The van der Waals surface area contributed by atoms with Crippen LogP contribution in [0.1, 0.15) is 46.1 Å². The van der Waals surface area contributed by atoms with Crippen molar-refractivity contribution in [1.29, 1.82) is 0 Å². The molecule has 1 aromatic rings. The first-order valence-corrected chi connectivity index (χ1v) is 8.96. The van der Waals surface area contributed by atoms with Gasteiger partial charge >= 0.3 is 0 Å². The molecule has 1 fully saturated rings. The Labute approximate surface area is 150 Å². The largest absolute Gasteiger partial charge is 0.350 e. The Morgan fingerprint density at radius 3 is 2.48 bits per heavy atom. The predicted octanol–water partition coefficient (Wildman–Crippen LogP) is 2.34. The monoisotopic (exact) mass is 346 g/mol. The SMILES string of the molecule is Cc1cccnc1NC(=O)C1CCN([C@@H](C)C(=O)NC(C)(C)C)CC1. The number of nitrogens with zero attached hydrogens (tertiary/aromatic N) is 2. The summed E-state index contributed by atoms with van der Waals surface area (Å²) < 4.78 is 0. The topological polar surface area (TPSA) is 74.3 Å².